The van der Waals surface area contributed by atoms with Crippen molar-refractivity contribution in [2.75, 3.05) is 11.9 Å². The SMILES string of the molecule is CC(C)C[C@H](NC(=O)c1cc2c(F)cccc2[nH]1)C(=O)N1C[C@]2(C[C@H]1C(=O)C(=O)NCc1ccccc1)C(=O)Nc1ccccc12. The summed E-state index contributed by atoms with van der Waals surface area (Å²) in [5.74, 6) is -3.85. The number of aromatic nitrogens is 1. The molecular formula is C35H34FN5O5. The van der Waals surface area contributed by atoms with Gasteiger partial charge >= 0.3 is 0 Å². The lowest BCUT2D eigenvalue weighted by atomic mass is 9.79. The molecule has 0 aliphatic carbocycles. The van der Waals surface area contributed by atoms with Gasteiger partial charge in [-0.2, -0.15) is 0 Å². The predicted molar refractivity (Wildman–Crippen MR) is 169 cm³/mol. The van der Waals surface area contributed by atoms with Crippen LogP contribution in [0.4, 0.5) is 10.1 Å². The number of para-hydroxylation sites is 1. The maximum absolute atomic E-state index is 14.4. The number of likely N-dealkylation sites (tertiary alicyclic amines) is 1. The van der Waals surface area contributed by atoms with E-state index in [2.05, 4.69) is 20.9 Å². The molecule has 2 aliphatic heterocycles. The molecule has 0 unspecified atom stereocenters. The number of nitrogens with zero attached hydrogens (tertiary/aromatic N) is 1. The fraction of sp³-hybridized carbons (Fsp3) is 0.286. The van der Waals surface area contributed by atoms with Crippen LogP contribution in [0.1, 0.15) is 48.3 Å². The standard InChI is InChI=1S/C35H34FN5O5/c1-20(2)15-28(39-31(43)27-16-22-24(36)12-8-14-25(22)38-27)33(45)41-19-35(23-11-6-7-13-26(23)40-34(35)46)17-29(41)30(42)32(44)37-18-21-9-4-3-5-10-21/h3-14,16,20,28-29,38H,15,17-19H2,1-2H3,(H,37,44)(H,39,43)(H,40,46)/t28-,29-,35-/m0/s1. The van der Waals surface area contributed by atoms with E-state index in [1.165, 1.54) is 23.1 Å². The maximum Gasteiger partial charge on any atom is 0.289 e. The van der Waals surface area contributed by atoms with Crippen molar-refractivity contribution in [2.45, 2.75) is 50.7 Å². The molecule has 1 saturated heterocycles. The molecule has 4 N–H and O–H groups in total. The Morgan fingerprint density at radius 3 is 2.48 bits per heavy atom. The summed E-state index contributed by atoms with van der Waals surface area (Å²) in [6.45, 7) is 3.73. The first kappa shape index (κ1) is 30.7. The Labute approximate surface area is 264 Å². The molecule has 3 aromatic carbocycles. The Morgan fingerprint density at radius 1 is 1.00 bits per heavy atom. The number of H-pyrrole nitrogens is 1. The van der Waals surface area contributed by atoms with Gasteiger partial charge in [0.15, 0.2) is 0 Å². The Kier molecular flexibility index (Phi) is 8.16. The zero-order chi connectivity index (χ0) is 32.6. The van der Waals surface area contributed by atoms with Gasteiger partial charge in [-0.15, -0.1) is 0 Å². The number of ketones is 1. The molecule has 2 aliphatic rings. The summed E-state index contributed by atoms with van der Waals surface area (Å²) in [5.41, 5.74) is 1.25. The van der Waals surface area contributed by atoms with Gasteiger partial charge in [-0.1, -0.05) is 68.4 Å². The van der Waals surface area contributed by atoms with Crippen molar-refractivity contribution >= 4 is 46.0 Å². The number of fused-ring (bicyclic) bond motifs is 3. The van der Waals surface area contributed by atoms with Gasteiger partial charge in [0.25, 0.3) is 11.8 Å². The second-order valence-corrected chi connectivity index (χ2v) is 12.3. The minimum Gasteiger partial charge on any atom is -0.350 e. The quantitative estimate of drug-likeness (QED) is 0.210. The normalized spacial score (nSPS) is 19.3. The third kappa shape index (κ3) is 5.64. The Balaban J connectivity index is 1.30. The van der Waals surface area contributed by atoms with Gasteiger partial charge in [-0.3, -0.25) is 24.0 Å². The second-order valence-electron chi connectivity index (χ2n) is 12.3. The number of hydrogen-bond donors (Lipinski definition) is 4. The van der Waals surface area contributed by atoms with Gasteiger partial charge in [0.2, 0.25) is 17.6 Å². The molecule has 4 amide bonds. The lowest BCUT2D eigenvalue weighted by Crippen LogP contribution is -2.54. The van der Waals surface area contributed by atoms with Crippen LogP contribution in [0.15, 0.2) is 78.9 Å². The van der Waals surface area contributed by atoms with E-state index in [9.17, 15) is 28.4 Å². The number of benzene rings is 3. The molecule has 3 atom stereocenters. The molecular weight excluding hydrogens is 589 g/mol. The number of anilines is 1. The van der Waals surface area contributed by atoms with Crippen molar-refractivity contribution in [1.82, 2.24) is 20.5 Å². The number of amides is 4. The number of rotatable bonds is 9. The molecule has 1 spiro atoms. The Morgan fingerprint density at radius 2 is 1.74 bits per heavy atom. The third-order valence-electron chi connectivity index (χ3n) is 8.76. The lowest BCUT2D eigenvalue weighted by molar-refractivity contribution is -0.145. The minimum atomic E-state index is -1.26. The van der Waals surface area contributed by atoms with E-state index in [0.29, 0.717) is 16.8 Å². The van der Waals surface area contributed by atoms with Crippen LogP contribution in [0, 0.1) is 11.7 Å². The van der Waals surface area contributed by atoms with Crippen molar-refractivity contribution < 1.29 is 28.4 Å². The van der Waals surface area contributed by atoms with Crippen LogP contribution >= 0.6 is 0 Å². The Hall–Kier alpha value is -5.32. The van der Waals surface area contributed by atoms with E-state index < -0.39 is 46.8 Å². The number of Topliss-reactive ketones (excluding diaryl/α,β-unsaturated/α-hetero) is 1. The van der Waals surface area contributed by atoms with Crippen LogP contribution in [0.2, 0.25) is 0 Å². The molecule has 11 heteroatoms. The van der Waals surface area contributed by atoms with Gasteiger partial charge < -0.3 is 25.8 Å². The van der Waals surface area contributed by atoms with Crippen LogP contribution in [-0.4, -0.2) is 57.9 Å². The maximum atomic E-state index is 14.4. The van der Waals surface area contributed by atoms with Crippen molar-refractivity contribution in [2.24, 2.45) is 5.92 Å². The highest BCUT2D eigenvalue weighted by atomic mass is 19.1. The summed E-state index contributed by atoms with van der Waals surface area (Å²) in [5, 5.41) is 8.51. The molecule has 0 saturated carbocycles. The smallest absolute Gasteiger partial charge is 0.289 e. The molecule has 0 radical (unpaired) electrons. The molecule has 4 aromatic rings. The van der Waals surface area contributed by atoms with Gasteiger partial charge in [0.05, 0.1) is 5.41 Å². The first-order valence-electron chi connectivity index (χ1n) is 15.2. The average molecular weight is 624 g/mol. The molecule has 0 bridgehead atoms. The average Bonchev–Trinajstić information content (AvgIpc) is 3.74. The van der Waals surface area contributed by atoms with Gasteiger partial charge in [0, 0.05) is 29.7 Å². The van der Waals surface area contributed by atoms with E-state index in [0.717, 1.165) is 5.56 Å². The zero-order valence-electron chi connectivity index (χ0n) is 25.4. The predicted octanol–water partition coefficient (Wildman–Crippen LogP) is 3.83. The molecule has 46 heavy (non-hydrogen) atoms. The monoisotopic (exact) mass is 623 g/mol. The van der Waals surface area contributed by atoms with Crippen LogP contribution in [0.25, 0.3) is 10.9 Å². The van der Waals surface area contributed by atoms with Crippen molar-refractivity contribution in [3.05, 3.63) is 102 Å². The summed E-state index contributed by atoms with van der Waals surface area (Å²) in [7, 11) is 0. The highest BCUT2D eigenvalue weighted by molar-refractivity contribution is 6.38. The van der Waals surface area contributed by atoms with Crippen LogP contribution in [0.3, 0.4) is 0 Å². The summed E-state index contributed by atoms with van der Waals surface area (Å²) < 4.78 is 14.3. The molecule has 1 fully saturated rings. The van der Waals surface area contributed by atoms with Crippen LogP contribution in [0.5, 0.6) is 0 Å². The third-order valence-corrected chi connectivity index (χ3v) is 8.76. The number of halogens is 1. The van der Waals surface area contributed by atoms with Crippen LogP contribution < -0.4 is 16.0 Å². The summed E-state index contributed by atoms with van der Waals surface area (Å²) in [4.78, 5) is 72.5. The number of carbonyl (C=O) groups is 5. The van der Waals surface area contributed by atoms with E-state index >= 15 is 0 Å². The van der Waals surface area contributed by atoms with E-state index in [1.54, 1.807) is 30.3 Å². The topological polar surface area (TPSA) is 140 Å². The van der Waals surface area contributed by atoms with Crippen LogP contribution in [-0.2, 0) is 31.1 Å². The fourth-order valence-corrected chi connectivity index (χ4v) is 6.49. The number of nitrogens with one attached hydrogen (secondary N) is 4. The van der Waals surface area contributed by atoms with Crippen molar-refractivity contribution in [3.8, 4) is 0 Å². The Bertz CT molecular complexity index is 1850. The molecule has 3 heterocycles. The second kappa shape index (κ2) is 12.2. The summed E-state index contributed by atoms with van der Waals surface area (Å²) >= 11 is 0. The van der Waals surface area contributed by atoms with E-state index in [1.807, 2.05) is 44.2 Å². The molecule has 6 rings (SSSR count). The van der Waals surface area contributed by atoms with Crippen molar-refractivity contribution in [1.29, 1.82) is 0 Å². The minimum absolute atomic E-state index is 0.0511. The largest absolute Gasteiger partial charge is 0.350 e. The van der Waals surface area contributed by atoms with Gasteiger partial charge in [0.1, 0.15) is 23.6 Å². The van der Waals surface area contributed by atoms with Gasteiger partial charge in [-0.25, -0.2) is 4.39 Å². The van der Waals surface area contributed by atoms with Gasteiger partial charge in [-0.05, 0) is 54.2 Å². The molecule has 1 aromatic heterocycles. The first-order chi connectivity index (χ1) is 22.1. The molecule has 236 valence electrons. The van der Waals surface area contributed by atoms with E-state index in [4.69, 9.17) is 0 Å². The highest BCUT2D eigenvalue weighted by Crippen LogP contribution is 2.46. The number of carbonyl (C=O) groups excluding carboxylic acids is 5. The zero-order valence-corrected chi connectivity index (χ0v) is 25.4. The first-order valence-corrected chi connectivity index (χ1v) is 15.2. The van der Waals surface area contributed by atoms with E-state index in [-0.39, 0.29) is 48.8 Å². The summed E-state index contributed by atoms with van der Waals surface area (Å²) in [6, 6.07) is 19.7. The number of aromatic amines is 1. The fourth-order valence-electron chi connectivity index (χ4n) is 6.49. The lowest BCUT2D eigenvalue weighted by Gasteiger charge is -2.29. The summed E-state index contributed by atoms with van der Waals surface area (Å²) in [6.07, 6.45) is 0.120. The molecule has 10 nitrogen and oxygen atoms in total. The highest BCUT2D eigenvalue weighted by Gasteiger charge is 2.58. The number of hydrogen-bond acceptors (Lipinski definition) is 5. The van der Waals surface area contributed by atoms with Crippen molar-refractivity contribution in [3.63, 3.8) is 0 Å².